The first-order chi connectivity index (χ1) is 16.7. The molecule has 4 heterocycles. The smallest absolute Gasteiger partial charge is 0.223 e. The summed E-state index contributed by atoms with van der Waals surface area (Å²) in [5.41, 5.74) is 6.45. The highest BCUT2D eigenvalue weighted by Crippen LogP contribution is 2.33. The number of nitrogens with zero attached hydrogens (tertiary/aromatic N) is 5. The number of aromatic nitrogens is 5. The molecule has 3 aromatic carbocycles. The molecule has 0 spiro atoms. The molecule has 162 valence electrons. The van der Waals surface area contributed by atoms with E-state index >= 15 is 0 Å². The predicted molar refractivity (Wildman–Crippen MR) is 128 cm³/mol. The van der Waals surface area contributed by atoms with Crippen LogP contribution in [0.2, 0.25) is 0 Å². The Morgan fingerprint density at radius 2 is 1.44 bits per heavy atom. The van der Waals surface area contributed by atoms with Crippen LogP contribution in [-0.2, 0) is 0 Å². The minimum Gasteiger partial charge on any atom is -0.277 e. The van der Waals surface area contributed by atoms with Gasteiger partial charge in [-0.1, -0.05) is 42.5 Å². The normalized spacial score (nSPS) is 11.8. The molecule has 0 N–H and O–H groups in total. The highest BCUT2D eigenvalue weighted by atomic mass is 19.1. The van der Waals surface area contributed by atoms with Crippen molar-refractivity contribution in [2.45, 2.75) is 0 Å². The molecule has 0 aliphatic heterocycles. The van der Waals surface area contributed by atoms with Gasteiger partial charge in [0.05, 0.1) is 33.8 Å². The van der Waals surface area contributed by atoms with Crippen LogP contribution in [0.15, 0.2) is 91.1 Å². The van der Waals surface area contributed by atoms with Crippen LogP contribution in [0.25, 0.3) is 55.6 Å². The second-order valence-electron chi connectivity index (χ2n) is 8.10. The van der Waals surface area contributed by atoms with Crippen molar-refractivity contribution in [2.75, 3.05) is 0 Å². The molecule has 4 aromatic heterocycles. The molecule has 0 aliphatic carbocycles. The molecular formula is C27H15F2N5. The fourth-order valence-corrected chi connectivity index (χ4v) is 4.68. The summed E-state index contributed by atoms with van der Waals surface area (Å²) in [6.45, 7) is 0. The maximum absolute atomic E-state index is 14.2. The largest absolute Gasteiger partial charge is 0.277 e. The highest BCUT2D eigenvalue weighted by Gasteiger charge is 2.19. The van der Waals surface area contributed by atoms with Crippen LogP contribution in [0.3, 0.4) is 0 Å². The summed E-state index contributed by atoms with van der Waals surface area (Å²) in [5, 5.41) is 1.03. The van der Waals surface area contributed by atoms with Gasteiger partial charge >= 0.3 is 0 Å². The standard InChI is InChI=1S/C27H15F2N5/c28-24-14-13-18(26(29)32-24)16-9-11-17(12-10-16)33-23-15-30-20-6-2-1-5-19(20)25(23)34-22-8-4-3-7-21(22)31-27(33)34/h1-15H. The molecule has 5 nitrogen and oxygen atoms in total. The monoisotopic (exact) mass is 447 g/mol. The number of para-hydroxylation sites is 3. The summed E-state index contributed by atoms with van der Waals surface area (Å²) in [7, 11) is 0. The van der Waals surface area contributed by atoms with Gasteiger partial charge in [-0.05, 0) is 48.0 Å². The minimum absolute atomic E-state index is 0.245. The third-order valence-corrected chi connectivity index (χ3v) is 6.19. The van der Waals surface area contributed by atoms with Crippen molar-refractivity contribution in [3.63, 3.8) is 0 Å². The van der Waals surface area contributed by atoms with Crippen LogP contribution < -0.4 is 0 Å². The quantitative estimate of drug-likeness (QED) is 0.292. The second kappa shape index (κ2) is 6.92. The summed E-state index contributed by atoms with van der Waals surface area (Å²) < 4.78 is 31.7. The van der Waals surface area contributed by atoms with Crippen molar-refractivity contribution in [2.24, 2.45) is 0 Å². The van der Waals surface area contributed by atoms with Gasteiger partial charge in [-0.15, -0.1) is 0 Å². The Morgan fingerprint density at radius 3 is 2.26 bits per heavy atom. The Labute approximate surface area is 191 Å². The van der Waals surface area contributed by atoms with E-state index < -0.39 is 11.9 Å². The number of imidazole rings is 2. The predicted octanol–water partition coefficient (Wildman–Crippen LogP) is 6.32. The van der Waals surface area contributed by atoms with Crippen LogP contribution in [0.4, 0.5) is 8.78 Å². The first kappa shape index (κ1) is 18.9. The summed E-state index contributed by atoms with van der Waals surface area (Å²) in [6, 6.07) is 26.0. The van der Waals surface area contributed by atoms with E-state index in [1.807, 2.05) is 54.7 Å². The van der Waals surface area contributed by atoms with Crippen LogP contribution >= 0.6 is 0 Å². The lowest BCUT2D eigenvalue weighted by Gasteiger charge is -2.08. The zero-order valence-corrected chi connectivity index (χ0v) is 17.7. The van der Waals surface area contributed by atoms with E-state index in [0.717, 1.165) is 50.5 Å². The van der Waals surface area contributed by atoms with Crippen molar-refractivity contribution < 1.29 is 8.78 Å². The van der Waals surface area contributed by atoms with Crippen molar-refractivity contribution in [1.82, 2.24) is 23.9 Å². The highest BCUT2D eigenvalue weighted by molar-refractivity contribution is 6.06. The molecule has 7 aromatic rings. The zero-order chi connectivity index (χ0) is 22.8. The molecule has 7 rings (SSSR count). The van der Waals surface area contributed by atoms with E-state index in [9.17, 15) is 8.78 Å². The van der Waals surface area contributed by atoms with Crippen molar-refractivity contribution in [1.29, 1.82) is 0 Å². The molecule has 0 bridgehead atoms. The molecule has 0 saturated carbocycles. The number of benzene rings is 3. The van der Waals surface area contributed by atoms with E-state index in [4.69, 9.17) is 4.98 Å². The van der Waals surface area contributed by atoms with Gasteiger partial charge in [-0.2, -0.15) is 13.8 Å². The van der Waals surface area contributed by atoms with Crippen molar-refractivity contribution in [3.8, 4) is 16.8 Å². The van der Waals surface area contributed by atoms with Crippen LogP contribution in [0.5, 0.6) is 0 Å². The SMILES string of the molecule is Fc1ccc(-c2ccc(-n3c4cnc5ccccc5c4n4c5ccccc5nc34)cc2)c(F)n1. The number of halogens is 2. The van der Waals surface area contributed by atoms with Gasteiger partial charge in [0.25, 0.3) is 0 Å². The number of hydrogen-bond acceptors (Lipinski definition) is 3. The lowest BCUT2D eigenvalue weighted by Crippen LogP contribution is -1.96. The van der Waals surface area contributed by atoms with E-state index in [-0.39, 0.29) is 5.56 Å². The van der Waals surface area contributed by atoms with Gasteiger partial charge < -0.3 is 0 Å². The molecule has 0 saturated heterocycles. The van der Waals surface area contributed by atoms with Crippen LogP contribution in [0, 0.1) is 11.9 Å². The number of hydrogen-bond donors (Lipinski definition) is 0. The molecule has 0 amide bonds. The summed E-state index contributed by atoms with van der Waals surface area (Å²) in [4.78, 5) is 12.9. The third-order valence-electron chi connectivity index (χ3n) is 6.19. The van der Waals surface area contributed by atoms with E-state index in [2.05, 4.69) is 31.1 Å². The van der Waals surface area contributed by atoms with Gasteiger partial charge in [-0.3, -0.25) is 14.0 Å². The fraction of sp³-hybridized carbons (Fsp3) is 0. The Hall–Kier alpha value is -4.65. The summed E-state index contributed by atoms with van der Waals surface area (Å²) in [5.74, 6) is -0.918. The summed E-state index contributed by atoms with van der Waals surface area (Å²) >= 11 is 0. The maximum atomic E-state index is 14.2. The molecular weight excluding hydrogens is 432 g/mol. The van der Waals surface area contributed by atoms with Gasteiger partial charge in [0.1, 0.15) is 0 Å². The van der Waals surface area contributed by atoms with Gasteiger partial charge in [0.15, 0.2) is 0 Å². The van der Waals surface area contributed by atoms with Gasteiger partial charge in [-0.25, -0.2) is 4.98 Å². The second-order valence-corrected chi connectivity index (χ2v) is 8.10. The van der Waals surface area contributed by atoms with E-state index in [1.54, 1.807) is 12.1 Å². The van der Waals surface area contributed by atoms with Crippen molar-refractivity contribution in [3.05, 3.63) is 103 Å². The fourth-order valence-electron chi connectivity index (χ4n) is 4.68. The first-order valence-electron chi connectivity index (χ1n) is 10.8. The zero-order valence-electron chi connectivity index (χ0n) is 17.7. The Morgan fingerprint density at radius 1 is 0.676 bits per heavy atom. The lowest BCUT2D eigenvalue weighted by molar-refractivity contribution is 0.515. The first-order valence-corrected chi connectivity index (χ1v) is 10.8. The molecule has 34 heavy (non-hydrogen) atoms. The number of pyridine rings is 2. The molecule has 0 unspecified atom stereocenters. The molecule has 7 heteroatoms. The topological polar surface area (TPSA) is 48.0 Å². The Bertz CT molecular complexity index is 1880. The Balaban J connectivity index is 1.53. The molecule has 0 atom stereocenters. The third kappa shape index (κ3) is 2.61. The Kier molecular flexibility index (Phi) is 3.84. The summed E-state index contributed by atoms with van der Waals surface area (Å²) in [6.07, 6.45) is 1.86. The molecule has 0 radical (unpaired) electrons. The number of fused-ring (bicyclic) bond motifs is 7. The van der Waals surface area contributed by atoms with Gasteiger partial charge in [0, 0.05) is 16.6 Å². The van der Waals surface area contributed by atoms with E-state index in [1.165, 1.54) is 6.07 Å². The minimum atomic E-state index is -0.842. The number of rotatable bonds is 2. The maximum Gasteiger partial charge on any atom is 0.223 e. The van der Waals surface area contributed by atoms with Crippen LogP contribution in [0.1, 0.15) is 0 Å². The average molecular weight is 447 g/mol. The van der Waals surface area contributed by atoms with Gasteiger partial charge in [0.2, 0.25) is 17.7 Å². The van der Waals surface area contributed by atoms with Crippen molar-refractivity contribution >= 4 is 38.7 Å². The average Bonchev–Trinajstić information content (AvgIpc) is 3.39. The van der Waals surface area contributed by atoms with Crippen LogP contribution in [-0.4, -0.2) is 23.9 Å². The molecule has 0 aliphatic rings. The van der Waals surface area contributed by atoms with E-state index in [0.29, 0.717) is 5.56 Å². The lowest BCUT2D eigenvalue weighted by atomic mass is 10.1. The molecule has 0 fully saturated rings.